The minimum absolute atomic E-state index is 0.0207. The summed E-state index contributed by atoms with van der Waals surface area (Å²) in [6.07, 6.45) is 2.10. The maximum atomic E-state index is 11.7. The van der Waals surface area contributed by atoms with Crippen molar-refractivity contribution in [3.8, 4) is 0 Å². The summed E-state index contributed by atoms with van der Waals surface area (Å²) in [6.45, 7) is 2.43. The van der Waals surface area contributed by atoms with Crippen molar-refractivity contribution in [1.29, 1.82) is 5.41 Å². The van der Waals surface area contributed by atoms with E-state index in [1.165, 1.54) is 4.31 Å². The first kappa shape index (κ1) is 12.4. The van der Waals surface area contributed by atoms with Gasteiger partial charge in [0, 0.05) is 25.6 Å². The van der Waals surface area contributed by atoms with Gasteiger partial charge in [0.15, 0.2) is 0 Å². The van der Waals surface area contributed by atoms with Crippen LogP contribution in [0, 0.1) is 5.41 Å². The second-order valence-corrected chi connectivity index (χ2v) is 5.33. The molecule has 0 aromatic rings. The van der Waals surface area contributed by atoms with Crippen LogP contribution in [0.1, 0.15) is 26.2 Å². The van der Waals surface area contributed by atoms with Gasteiger partial charge < -0.3 is 5.73 Å². The predicted octanol–water partition coefficient (Wildman–Crippen LogP) is -0.369. The fraction of sp³-hybridized carbons (Fsp3) is 0.875. The molecular formula is C8H18N4O2S. The standard InChI is InChI=1S/C8H18N4O2S/c1-2-11-15(13,14)12(7-3-4-7)6-5-8(9)10/h7,11H,2-6H2,1H3,(H3,9,10). The van der Waals surface area contributed by atoms with Crippen LogP contribution in [-0.4, -0.2) is 37.7 Å². The predicted molar refractivity (Wildman–Crippen MR) is 58.9 cm³/mol. The van der Waals surface area contributed by atoms with Crippen molar-refractivity contribution in [3.05, 3.63) is 0 Å². The van der Waals surface area contributed by atoms with Crippen LogP contribution < -0.4 is 10.5 Å². The Morgan fingerprint density at radius 1 is 1.60 bits per heavy atom. The molecule has 0 saturated heterocycles. The molecular weight excluding hydrogens is 216 g/mol. The third-order valence-corrected chi connectivity index (χ3v) is 3.94. The molecule has 0 unspecified atom stereocenters. The average Bonchev–Trinajstić information content (AvgIpc) is 2.87. The molecule has 0 bridgehead atoms. The van der Waals surface area contributed by atoms with Gasteiger partial charge in [-0.2, -0.15) is 12.7 Å². The van der Waals surface area contributed by atoms with Crippen LogP contribution in [0.4, 0.5) is 0 Å². The van der Waals surface area contributed by atoms with Crippen molar-refractivity contribution < 1.29 is 8.42 Å². The van der Waals surface area contributed by atoms with E-state index in [-0.39, 0.29) is 11.9 Å². The molecule has 0 amide bonds. The highest BCUT2D eigenvalue weighted by atomic mass is 32.2. The van der Waals surface area contributed by atoms with E-state index in [0.29, 0.717) is 19.5 Å². The normalized spacial score (nSPS) is 16.9. The Bertz CT molecular complexity index is 324. The Kier molecular flexibility index (Phi) is 4.06. The minimum atomic E-state index is -3.37. The van der Waals surface area contributed by atoms with Crippen LogP contribution >= 0.6 is 0 Å². The summed E-state index contributed by atoms with van der Waals surface area (Å²) in [7, 11) is -3.37. The van der Waals surface area contributed by atoms with E-state index >= 15 is 0 Å². The van der Waals surface area contributed by atoms with Gasteiger partial charge in [0.1, 0.15) is 0 Å². The quantitative estimate of drug-likeness (QED) is 0.414. The summed E-state index contributed by atoms with van der Waals surface area (Å²) in [5.41, 5.74) is 5.22. The van der Waals surface area contributed by atoms with E-state index in [2.05, 4.69) is 4.72 Å². The first-order valence-electron chi connectivity index (χ1n) is 5.06. The van der Waals surface area contributed by atoms with E-state index in [4.69, 9.17) is 11.1 Å². The van der Waals surface area contributed by atoms with Crippen molar-refractivity contribution in [2.45, 2.75) is 32.2 Å². The Morgan fingerprint density at radius 3 is 2.60 bits per heavy atom. The highest BCUT2D eigenvalue weighted by Crippen LogP contribution is 2.28. The zero-order valence-corrected chi connectivity index (χ0v) is 9.68. The van der Waals surface area contributed by atoms with Crippen molar-refractivity contribution in [3.63, 3.8) is 0 Å². The molecule has 1 rings (SSSR count). The van der Waals surface area contributed by atoms with Gasteiger partial charge in [-0.3, -0.25) is 5.41 Å². The summed E-state index contributed by atoms with van der Waals surface area (Å²) >= 11 is 0. The highest BCUT2D eigenvalue weighted by molar-refractivity contribution is 7.87. The lowest BCUT2D eigenvalue weighted by molar-refractivity contribution is 0.405. The van der Waals surface area contributed by atoms with Crippen LogP contribution in [0.3, 0.4) is 0 Å². The van der Waals surface area contributed by atoms with E-state index in [1.54, 1.807) is 6.92 Å². The largest absolute Gasteiger partial charge is 0.388 e. The summed E-state index contributed by atoms with van der Waals surface area (Å²) in [5.74, 6) is 0.0207. The molecule has 1 saturated carbocycles. The number of nitrogens with one attached hydrogen (secondary N) is 2. The number of hydrogen-bond acceptors (Lipinski definition) is 3. The summed E-state index contributed by atoms with van der Waals surface area (Å²) in [5, 5.41) is 7.09. The Labute approximate surface area is 90.5 Å². The molecule has 1 fully saturated rings. The third kappa shape index (κ3) is 3.77. The lowest BCUT2D eigenvalue weighted by atomic mass is 10.4. The number of amidine groups is 1. The maximum Gasteiger partial charge on any atom is 0.279 e. The lowest BCUT2D eigenvalue weighted by Gasteiger charge is -2.21. The van der Waals surface area contributed by atoms with Crippen molar-refractivity contribution >= 4 is 16.0 Å². The molecule has 0 aromatic heterocycles. The molecule has 0 aliphatic heterocycles. The van der Waals surface area contributed by atoms with Crippen LogP contribution in [-0.2, 0) is 10.2 Å². The van der Waals surface area contributed by atoms with E-state index in [1.807, 2.05) is 0 Å². The zero-order valence-electron chi connectivity index (χ0n) is 8.86. The van der Waals surface area contributed by atoms with Gasteiger partial charge in [0.2, 0.25) is 0 Å². The van der Waals surface area contributed by atoms with Gasteiger partial charge in [-0.25, -0.2) is 4.72 Å². The van der Waals surface area contributed by atoms with Crippen LogP contribution in [0.15, 0.2) is 0 Å². The molecule has 0 heterocycles. The molecule has 0 spiro atoms. The zero-order chi connectivity index (χ0) is 11.5. The van der Waals surface area contributed by atoms with Gasteiger partial charge in [-0.05, 0) is 12.8 Å². The summed E-state index contributed by atoms with van der Waals surface area (Å²) in [4.78, 5) is 0. The van der Waals surface area contributed by atoms with Gasteiger partial charge in [-0.1, -0.05) is 6.92 Å². The first-order valence-corrected chi connectivity index (χ1v) is 6.50. The molecule has 0 radical (unpaired) electrons. The van der Waals surface area contributed by atoms with Crippen molar-refractivity contribution in [2.75, 3.05) is 13.1 Å². The van der Waals surface area contributed by atoms with E-state index in [0.717, 1.165) is 12.8 Å². The number of hydrogen-bond donors (Lipinski definition) is 3. The lowest BCUT2D eigenvalue weighted by Crippen LogP contribution is -2.43. The van der Waals surface area contributed by atoms with Crippen LogP contribution in [0.25, 0.3) is 0 Å². The summed E-state index contributed by atoms with van der Waals surface area (Å²) in [6, 6.07) is 0.105. The SMILES string of the molecule is CCNS(=O)(=O)N(CCC(=N)N)C1CC1. The van der Waals surface area contributed by atoms with E-state index in [9.17, 15) is 8.42 Å². The Hall–Kier alpha value is -0.660. The van der Waals surface area contributed by atoms with Crippen molar-refractivity contribution in [2.24, 2.45) is 5.73 Å². The van der Waals surface area contributed by atoms with E-state index < -0.39 is 10.2 Å². The molecule has 1 aliphatic rings. The summed E-state index contributed by atoms with van der Waals surface area (Å²) < 4.78 is 27.3. The molecule has 4 N–H and O–H groups in total. The molecule has 0 aromatic carbocycles. The average molecular weight is 234 g/mol. The molecule has 1 aliphatic carbocycles. The van der Waals surface area contributed by atoms with Gasteiger partial charge >= 0.3 is 0 Å². The maximum absolute atomic E-state index is 11.7. The van der Waals surface area contributed by atoms with Crippen molar-refractivity contribution in [1.82, 2.24) is 9.03 Å². The first-order chi connectivity index (χ1) is 6.97. The minimum Gasteiger partial charge on any atom is -0.388 e. The van der Waals surface area contributed by atoms with Gasteiger partial charge in [0.25, 0.3) is 10.2 Å². The molecule has 15 heavy (non-hydrogen) atoms. The molecule has 7 heteroatoms. The van der Waals surface area contributed by atoms with Gasteiger partial charge in [-0.15, -0.1) is 0 Å². The second kappa shape index (κ2) is 4.91. The Morgan fingerprint density at radius 2 is 2.20 bits per heavy atom. The van der Waals surface area contributed by atoms with Gasteiger partial charge in [0.05, 0.1) is 5.84 Å². The smallest absolute Gasteiger partial charge is 0.279 e. The third-order valence-electron chi connectivity index (χ3n) is 2.19. The fourth-order valence-corrected chi connectivity index (χ4v) is 2.82. The molecule has 0 atom stereocenters. The monoisotopic (exact) mass is 234 g/mol. The number of rotatable bonds is 7. The molecule has 6 nitrogen and oxygen atoms in total. The second-order valence-electron chi connectivity index (χ2n) is 3.62. The number of nitrogens with two attached hydrogens (primary N) is 1. The van der Waals surface area contributed by atoms with Crippen LogP contribution in [0.2, 0.25) is 0 Å². The number of nitrogens with zero attached hydrogens (tertiary/aromatic N) is 1. The fourth-order valence-electron chi connectivity index (χ4n) is 1.36. The Balaban J connectivity index is 2.60. The highest BCUT2D eigenvalue weighted by Gasteiger charge is 2.36. The topological polar surface area (TPSA) is 99.3 Å². The molecule has 88 valence electrons. The van der Waals surface area contributed by atoms with Crippen LogP contribution in [0.5, 0.6) is 0 Å².